The van der Waals surface area contributed by atoms with Crippen LogP contribution in [0.15, 0.2) is 59.1 Å². The fourth-order valence-electron chi connectivity index (χ4n) is 1.91. The number of carbonyl (C=O) groups is 1. The summed E-state index contributed by atoms with van der Waals surface area (Å²) in [5.74, 6) is 0.0830. The van der Waals surface area contributed by atoms with Gasteiger partial charge < -0.3 is 4.90 Å². The van der Waals surface area contributed by atoms with Gasteiger partial charge >= 0.3 is 0 Å². The monoisotopic (exact) mass is 317 g/mol. The second-order valence-electron chi connectivity index (χ2n) is 4.45. The van der Waals surface area contributed by atoms with E-state index in [4.69, 9.17) is 0 Å². The number of hydrogen-bond acceptors (Lipinski definition) is 1. The molecule has 0 saturated heterocycles. The molecule has 1 amide bonds. The van der Waals surface area contributed by atoms with Crippen LogP contribution >= 0.6 is 15.9 Å². The molecule has 0 aromatic heterocycles. The highest BCUT2D eigenvalue weighted by atomic mass is 79.9. The Morgan fingerprint density at radius 2 is 1.63 bits per heavy atom. The summed E-state index contributed by atoms with van der Waals surface area (Å²) in [6.45, 7) is 2.86. The van der Waals surface area contributed by atoms with E-state index in [2.05, 4.69) is 15.9 Å². The number of nitrogens with zero attached hydrogens (tertiary/aromatic N) is 1. The maximum Gasteiger partial charge on any atom is 0.220 e. The number of halogens is 1. The van der Waals surface area contributed by atoms with Crippen molar-refractivity contribution < 1.29 is 4.79 Å². The van der Waals surface area contributed by atoms with Gasteiger partial charge in [0.05, 0.1) is 0 Å². The Labute approximate surface area is 122 Å². The third kappa shape index (κ3) is 3.93. The summed E-state index contributed by atoms with van der Waals surface area (Å²) in [6, 6.07) is 18.0. The second-order valence-corrected chi connectivity index (χ2v) is 5.31. The lowest BCUT2D eigenvalue weighted by molar-refractivity contribution is -0.130. The van der Waals surface area contributed by atoms with E-state index in [9.17, 15) is 4.79 Å². The minimum atomic E-state index is 0.0830. The first kappa shape index (κ1) is 13.8. The van der Waals surface area contributed by atoms with Crippen LogP contribution in [0.3, 0.4) is 0 Å². The van der Waals surface area contributed by atoms with E-state index in [1.54, 1.807) is 6.92 Å². The Balaban J connectivity index is 2.13. The molecule has 0 radical (unpaired) electrons. The summed E-state index contributed by atoms with van der Waals surface area (Å²) in [4.78, 5) is 13.6. The van der Waals surface area contributed by atoms with Crippen LogP contribution in [0.2, 0.25) is 0 Å². The van der Waals surface area contributed by atoms with Gasteiger partial charge in [-0.2, -0.15) is 0 Å². The van der Waals surface area contributed by atoms with Crippen LogP contribution in [0.1, 0.15) is 18.1 Å². The van der Waals surface area contributed by atoms with Gasteiger partial charge in [0.2, 0.25) is 5.91 Å². The van der Waals surface area contributed by atoms with Crippen LogP contribution in [-0.2, 0) is 17.9 Å². The first-order valence-corrected chi connectivity index (χ1v) is 6.99. The van der Waals surface area contributed by atoms with Gasteiger partial charge in [0.1, 0.15) is 0 Å². The minimum Gasteiger partial charge on any atom is -0.334 e. The Kier molecular flexibility index (Phi) is 4.74. The molecule has 0 heterocycles. The number of benzene rings is 2. The maximum atomic E-state index is 11.8. The van der Waals surface area contributed by atoms with Gasteiger partial charge in [0.15, 0.2) is 0 Å². The summed E-state index contributed by atoms with van der Waals surface area (Å²) < 4.78 is 1.04. The SMILES string of the molecule is CC(=O)N(Cc1ccccc1)Cc1ccccc1Br. The summed E-state index contributed by atoms with van der Waals surface area (Å²) >= 11 is 3.52. The van der Waals surface area contributed by atoms with Gasteiger partial charge in [0.25, 0.3) is 0 Å². The van der Waals surface area contributed by atoms with E-state index in [1.807, 2.05) is 59.5 Å². The van der Waals surface area contributed by atoms with Gasteiger partial charge in [-0.25, -0.2) is 0 Å². The van der Waals surface area contributed by atoms with E-state index in [0.29, 0.717) is 13.1 Å². The molecule has 0 saturated carbocycles. The lowest BCUT2D eigenvalue weighted by Gasteiger charge is -2.22. The third-order valence-corrected chi connectivity index (χ3v) is 3.75. The van der Waals surface area contributed by atoms with Crippen molar-refractivity contribution in [2.45, 2.75) is 20.0 Å². The highest BCUT2D eigenvalue weighted by Crippen LogP contribution is 2.19. The van der Waals surface area contributed by atoms with E-state index < -0.39 is 0 Å². The molecule has 2 nitrogen and oxygen atoms in total. The highest BCUT2D eigenvalue weighted by molar-refractivity contribution is 9.10. The smallest absolute Gasteiger partial charge is 0.220 e. The average Bonchev–Trinajstić information content (AvgIpc) is 2.41. The summed E-state index contributed by atoms with van der Waals surface area (Å²) in [5, 5.41) is 0. The number of carbonyl (C=O) groups excluding carboxylic acids is 1. The Morgan fingerprint density at radius 1 is 1.00 bits per heavy atom. The molecule has 2 aromatic rings. The quantitative estimate of drug-likeness (QED) is 0.834. The Morgan fingerprint density at radius 3 is 2.26 bits per heavy atom. The molecule has 0 aliphatic rings. The average molecular weight is 318 g/mol. The van der Waals surface area contributed by atoms with Crippen LogP contribution in [-0.4, -0.2) is 10.8 Å². The van der Waals surface area contributed by atoms with Crippen molar-refractivity contribution in [3.8, 4) is 0 Å². The molecule has 0 aliphatic heterocycles. The topological polar surface area (TPSA) is 20.3 Å². The first-order chi connectivity index (χ1) is 9.16. The van der Waals surface area contributed by atoms with E-state index in [0.717, 1.165) is 15.6 Å². The van der Waals surface area contributed by atoms with E-state index in [1.165, 1.54) is 0 Å². The fourth-order valence-corrected chi connectivity index (χ4v) is 2.32. The van der Waals surface area contributed by atoms with Crippen molar-refractivity contribution in [1.29, 1.82) is 0 Å². The lowest BCUT2D eigenvalue weighted by atomic mass is 10.1. The van der Waals surface area contributed by atoms with Crippen molar-refractivity contribution in [2.75, 3.05) is 0 Å². The van der Waals surface area contributed by atoms with Crippen LogP contribution < -0.4 is 0 Å². The van der Waals surface area contributed by atoms with Gasteiger partial charge in [-0.1, -0.05) is 64.5 Å². The summed E-state index contributed by atoms with van der Waals surface area (Å²) in [5.41, 5.74) is 2.26. The van der Waals surface area contributed by atoms with Gasteiger partial charge in [-0.3, -0.25) is 4.79 Å². The second kappa shape index (κ2) is 6.53. The molecule has 0 atom stereocenters. The van der Waals surface area contributed by atoms with Crippen LogP contribution in [0.4, 0.5) is 0 Å². The predicted molar refractivity (Wildman–Crippen MR) is 80.5 cm³/mol. The number of amides is 1. The molecule has 3 heteroatoms. The number of hydrogen-bond donors (Lipinski definition) is 0. The molecule has 0 spiro atoms. The van der Waals surface area contributed by atoms with Gasteiger partial charge in [-0.05, 0) is 17.2 Å². The number of rotatable bonds is 4. The molecule has 0 aliphatic carbocycles. The van der Waals surface area contributed by atoms with E-state index >= 15 is 0 Å². The summed E-state index contributed by atoms with van der Waals surface area (Å²) in [7, 11) is 0. The molecule has 2 aromatic carbocycles. The molecular weight excluding hydrogens is 302 g/mol. The van der Waals surface area contributed by atoms with E-state index in [-0.39, 0.29) is 5.91 Å². The molecule has 0 unspecified atom stereocenters. The summed E-state index contributed by atoms with van der Waals surface area (Å²) in [6.07, 6.45) is 0. The lowest BCUT2D eigenvalue weighted by Crippen LogP contribution is -2.27. The largest absolute Gasteiger partial charge is 0.334 e. The van der Waals surface area contributed by atoms with Crippen LogP contribution in [0.5, 0.6) is 0 Å². The fraction of sp³-hybridized carbons (Fsp3) is 0.188. The van der Waals surface area contributed by atoms with Crippen molar-refractivity contribution in [3.05, 3.63) is 70.2 Å². The normalized spacial score (nSPS) is 10.2. The molecule has 0 N–H and O–H groups in total. The molecule has 2 rings (SSSR count). The molecule has 0 fully saturated rings. The Bertz CT molecular complexity index is 554. The molecular formula is C16H16BrNO. The minimum absolute atomic E-state index is 0.0830. The van der Waals surface area contributed by atoms with Crippen molar-refractivity contribution in [1.82, 2.24) is 4.90 Å². The van der Waals surface area contributed by atoms with Gasteiger partial charge in [0, 0.05) is 24.5 Å². The highest BCUT2D eigenvalue weighted by Gasteiger charge is 2.11. The van der Waals surface area contributed by atoms with Crippen molar-refractivity contribution >= 4 is 21.8 Å². The first-order valence-electron chi connectivity index (χ1n) is 6.19. The maximum absolute atomic E-state index is 11.8. The van der Waals surface area contributed by atoms with Crippen LogP contribution in [0, 0.1) is 0 Å². The standard InChI is InChI=1S/C16H16BrNO/c1-13(19)18(11-14-7-3-2-4-8-14)12-15-9-5-6-10-16(15)17/h2-10H,11-12H2,1H3. The van der Waals surface area contributed by atoms with Crippen molar-refractivity contribution in [3.63, 3.8) is 0 Å². The zero-order valence-electron chi connectivity index (χ0n) is 10.8. The molecule has 0 bridgehead atoms. The molecule has 19 heavy (non-hydrogen) atoms. The van der Waals surface area contributed by atoms with Gasteiger partial charge in [-0.15, -0.1) is 0 Å². The zero-order valence-corrected chi connectivity index (χ0v) is 12.4. The predicted octanol–water partition coefficient (Wildman–Crippen LogP) is 4.00. The third-order valence-electron chi connectivity index (χ3n) is 2.98. The van der Waals surface area contributed by atoms with Crippen molar-refractivity contribution in [2.24, 2.45) is 0 Å². The zero-order chi connectivity index (χ0) is 13.7. The molecule has 98 valence electrons. The Hall–Kier alpha value is -1.61. The van der Waals surface area contributed by atoms with Crippen LogP contribution in [0.25, 0.3) is 0 Å².